The van der Waals surface area contributed by atoms with E-state index in [1.807, 2.05) is 43.3 Å². The number of allylic oxidation sites excluding steroid dienone is 1. The molecule has 2 aromatic rings. The Hall–Kier alpha value is -3.13. The molecule has 23 heavy (non-hydrogen) atoms. The Labute approximate surface area is 134 Å². The number of nitriles is 1. The Morgan fingerprint density at radius 1 is 1.22 bits per heavy atom. The average molecular weight is 308 g/mol. The standard InChI is InChI=1S/C18H16FN3O/c1-22(2)16-6-4-15(5-7-16)21-10-9-18(23)13-3-8-17(19)14(11-13)12-20/h3-11,21H,1-2H3/b10-9+/i19-1. The van der Waals surface area contributed by atoms with E-state index in [1.54, 1.807) is 6.07 Å². The third-order valence-corrected chi connectivity index (χ3v) is 3.24. The van der Waals surface area contributed by atoms with Crippen LogP contribution in [0.4, 0.5) is 15.8 Å². The Balaban J connectivity index is 2.03. The van der Waals surface area contributed by atoms with Crippen LogP contribution in [0.3, 0.4) is 0 Å². The number of anilines is 2. The topological polar surface area (TPSA) is 56.1 Å². The zero-order chi connectivity index (χ0) is 16.8. The van der Waals surface area contributed by atoms with Gasteiger partial charge in [0, 0.05) is 43.3 Å². The molecule has 0 radical (unpaired) electrons. The molecule has 1 N–H and O–H groups in total. The number of carbonyl (C=O) groups excluding carboxylic acids is 1. The Kier molecular flexibility index (Phi) is 5.11. The third kappa shape index (κ3) is 4.17. The van der Waals surface area contributed by atoms with E-state index < -0.39 is 5.82 Å². The van der Waals surface area contributed by atoms with Crippen molar-refractivity contribution in [3.05, 3.63) is 71.7 Å². The maximum Gasteiger partial charge on any atom is 0.187 e. The van der Waals surface area contributed by atoms with Crippen molar-refractivity contribution in [1.82, 2.24) is 0 Å². The molecule has 0 amide bonds. The second-order valence-corrected chi connectivity index (χ2v) is 5.09. The molecule has 0 atom stereocenters. The molecule has 0 bridgehead atoms. The van der Waals surface area contributed by atoms with Crippen LogP contribution in [0.2, 0.25) is 0 Å². The summed E-state index contributed by atoms with van der Waals surface area (Å²) >= 11 is 0. The van der Waals surface area contributed by atoms with Gasteiger partial charge >= 0.3 is 0 Å². The lowest BCUT2D eigenvalue weighted by Crippen LogP contribution is -2.08. The fraction of sp³-hybridized carbons (Fsp3) is 0.111. The molecule has 0 saturated heterocycles. The van der Waals surface area contributed by atoms with Crippen molar-refractivity contribution in [2.75, 3.05) is 24.3 Å². The highest BCUT2D eigenvalue weighted by molar-refractivity contribution is 6.04. The van der Waals surface area contributed by atoms with Gasteiger partial charge in [-0.3, -0.25) is 4.79 Å². The molecule has 116 valence electrons. The predicted octanol–water partition coefficient (Wildman–Crippen LogP) is 3.57. The monoisotopic (exact) mass is 308 g/mol. The maximum atomic E-state index is 13.2. The molecule has 0 aliphatic rings. The van der Waals surface area contributed by atoms with Crippen LogP contribution in [-0.4, -0.2) is 19.9 Å². The van der Waals surface area contributed by atoms with Crippen molar-refractivity contribution in [3.8, 4) is 6.07 Å². The van der Waals surface area contributed by atoms with Gasteiger partial charge in [0.15, 0.2) is 5.78 Å². The van der Waals surface area contributed by atoms with Crippen molar-refractivity contribution >= 4 is 17.2 Å². The Bertz CT molecular complexity index is 774. The van der Waals surface area contributed by atoms with Gasteiger partial charge in [0.1, 0.15) is 11.9 Å². The fourth-order valence-electron chi connectivity index (χ4n) is 1.93. The second kappa shape index (κ2) is 7.23. The maximum absolute atomic E-state index is 13.2. The molecule has 0 heterocycles. The fourth-order valence-corrected chi connectivity index (χ4v) is 1.93. The van der Waals surface area contributed by atoms with Crippen LogP contribution >= 0.6 is 0 Å². The number of halogens is 1. The molecule has 0 aromatic heterocycles. The lowest BCUT2D eigenvalue weighted by Gasteiger charge is -2.12. The first-order valence-electron chi connectivity index (χ1n) is 6.95. The summed E-state index contributed by atoms with van der Waals surface area (Å²) in [6, 6.07) is 13.1. The Morgan fingerprint density at radius 3 is 2.52 bits per heavy atom. The number of hydrogen-bond acceptors (Lipinski definition) is 4. The highest BCUT2D eigenvalue weighted by Crippen LogP contribution is 2.16. The van der Waals surface area contributed by atoms with Gasteiger partial charge in [-0.05, 0) is 42.5 Å². The van der Waals surface area contributed by atoms with Gasteiger partial charge in [-0.25, -0.2) is 4.39 Å². The SMILES string of the molecule is CN(C)c1ccc(N/C=C/C(=O)c2ccc([18F])c(C#N)c2)cc1. The highest BCUT2D eigenvalue weighted by Gasteiger charge is 2.07. The van der Waals surface area contributed by atoms with E-state index in [-0.39, 0.29) is 16.9 Å². The van der Waals surface area contributed by atoms with Gasteiger partial charge in [0.05, 0.1) is 5.56 Å². The molecule has 0 unspecified atom stereocenters. The summed E-state index contributed by atoms with van der Waals surface area (Å²) in [6.07, 6.45) is 2.86. The lowest BCUT2D eigenvalue weighted by molar-refractivity contribution is 0.104. The number of benzene rings is 2. The van der Waals surface area contributed by atoms with Gasteiger partial charge in [-0.1, -0.05) is 0 Å². The molecule has 4 nitrogen and oxygen atoms in total. The number of rotatable bonds is 5. The normalized spacial score (nSPS) is 10.3. The van der Waals surface area contributed by atoms with Gasteiger partial charge in [-0.2, -0.15) is 5.26 Å². The zero-order valence-corrected chi connectivity index (χ0v) is 12.9. The summed E-state index contributed by atoms with van der Waals surface area (Å²) in [5, 5.41) is 11.8. The third-order valence-electron chi connectivity index (χ3n) is 3.24. The molecule has 0 aliphatic heterocycles. The molecule has 2 rings (SSSR count). The smallest absolute Gasteiger partial charge is 0.187 e. The van der Waals surface area contributed by atoms with E-state index in [4.69, 9.17) is 5.26 Å². The minimum Gasteiger partial charge on any atom is -0.378 e. The Morgan fingerprint density at radius 2 is 1.91 bits per heavy atom. The summed E-state index contributed by atoms with van der Waals surface area (Å²) in [4.78, 5) is 14.0. The first-order valence-corrected chi connectivity index (χ1v) is 6.95. The van der Waals surface area contributed by atoms with Crippen molar-refractivity contribution in [3.63, 3.8) is 0 Å². The van der Waals surface area contributed by atoms with E-state index in [2.05, 4.69) is 5.32 Å². The van der Waals surface area contributed by atoms with E-state index in [9.17, 15) is 9.18 Å². The van der Waals surface area contributed by atoms with Crippen molar-refractivity contribution in [2.45, 2.75) is 0 Å². The van der Waals surface area contributed by atoms with Gasteiger partial charge in [0.2, 0.25) is 0 Å². The molecular formula is C18H16FN3O. The molecular weight excluding hydrogens is 292 g/mol. The summed E-state index contributed by atoms with van der Waals surface area (Å²) in [6.45, 7) is 0. The zero-order valence-electron chi connectivity index (χ0n) is 12.9. The van der Waals surface area contributed by atoms with E-state index in [0.29, 0.717) is 0 Å². The molecule has 0 fully saturated rings. The lowest BCUT2D eigenvalue weighted by atomic mass is 10.1. The highest BCUT2D eigenvalue weighted by atomic mass is 18.2. The predicted molar refractivity (Wildman–Crippen MR) is 89.0 cm³/mol. The quantitative estimate of drug-likeness (QED) is 0.677. The van der Waals surface area contributed by atoms with Gasteiger partial charge in [0.25, 0.3) is 0 Å². The molecule has 0 spiro atoms. The first-order chi connectivity index (χ1) is 11.0. The van der Waals surface area contributed by atoms with Crippen molar-refractivity contribution in [2.24, 2.45) is 0 Å². The van der Waals surface area contributed by atoms with Crippen LogP contribution in [0, 0.1) is 17.1 Å². The number of ketones is 1. The van der Waals surface area contributed by atoms with Crippen molar-refractivity contribution in [1.29, 1.82) is 5.26 Å². The number of hydrogen-bond donors (Lipinski definition) is 1. The van der Waals surface area contributed by atoms with Crippen LogP contribution in [0.1, 0.15) is 15.9 Å². The molecule has 5 heteroatoms. The van der Waals surface area contributed by atoms with Crippen LogP contribution in [-0.2, 0) is 0 Å². The van der Waals surface area contributed by atoms with Crippen LogP contribution in [0.25, 0.3) is 0 Å². The minimum absolute atomic E-state index is 0.142. The van der Waals surface area contributed by atoms with E-state index in [1.165, 1.54) is 24.4 Å². The van der Waals surface area contributed by atoms with Crippen LogP contribution < -0.4 is 10.2 Å². The largest absolute Gasteiger partial charge is 0.378 e. The van der Waals surface area contributed by atoms with E-state index in [0.717, 1.165) is 17.4 Å². The first kappa shape index (κ1) is 16.2. The molecule has 2 aromatic carbocycles. The summed E-state index contributed by atoms with van der Waals surface area (Å²) in [7, 11) is 3.92. The van der Waals surface area contributed by atoms with Crippen LogP contribution in [0.5, 0.6) is 0 Å². The number of nitrogens with one attached hydrogen (secondary N) is 1. The van der Waals surface area contributed by atoms with E-state index >= 15 is 0 Å². The van der Waals surface area contributed by atoms with Crippen LogP contribution in [0.15, 0.2) is 54.7 Å². The minimum atomic E-state index is -0.632. The number of carbonyl (C=O) groups is 1. The van der Waals surface area contributed by atoms with Gasteiger partial charge in [-0.15, -0.1) is 0 Å². The summed E-state index contributed by atoms with van der Waals surface area (Å²) in [5.41, 5.74) is 2.04. The summed E-state index contributed by atoms with van der Waals surface area (Å²) in [5.74, 6) is -0.939. The molecule has 0 aliphatic carbocycles. The van der Waals surface area contributed by atoms with Gasteiger partial charge < -0.3 is 10.2 Å². The number of nitrogens with zero attached hydrogens (tertiary/aromatic N) is 2. The summed E-state index contributed by atoms with van der Waals surface area (Å²) < 4.78 is 13.2. The molecule has 0 saturated carbocycles. The average Bonchev–Trinajstić information content (AvgIpc) is 2.55. The second-order valence-electron chi connectivity index (χ2n) is 5.09. The van der Waals surface area contributed by atoms with Crippen molar-refractivity contribution < 1.29 is 9.18 Å².